The molecule has 0 unspecified atom stereocenters. The first-order chi connectivity index (χ1) is 16.8. The molecule has 3 aromatic rings. The maximum atomic E-state index is 13.5. The number of carbonyl (C=O) groups excluding carboxylic acids is 1. The molecule has 1 heterocycles. The lowest BCUT2D eigenvalue weighted by atomic mass is 10.1. The van der Waals surface area contributed by atoms with Crippen LogP contribution in [0, 0.1) is 13.8 Å². The van der Waals surface area contributed by atoms with Crippen molar-refractivity contribution in [2.24, 2.45) is 0 Å². The van der Waals surface area contributed by atoms with Gasteiger partial charge in [-0.2, -0.15) is 0 Å². The molecule has 0 fully saturated rings. The van der Waals surface area contributed by atoms with Gasteiger partial charge in [0.25, 0.3) is 10.0 Å². The topological polar surface area (TPSA) is 69.7 Å². The summed E-state index contributed by atoms with van der Waals surface area (Å²) < 4.78 is 28.1. The van der Waals surface area contributed by atoms with Gasteiger partial charge in [-0.3, -0.25) is 9.10 Å². The van der Waals surface area contributed by atoms with Crippen LogP contribution in [0.1, 0.15) is 23.1 Å². The lowest BCUT2D eigenvalue weighted by Gasteiger charge is -2.25. The standard InChI is InChI=1S/C27H30ClN3O3S/c1-20-8-11-24(18-21(20)2)31(35(33,34)25-12-9-23(28)10-13-25)19-27(32)29-15-5-16-30-17-14-22-6-3-4-7-26(22)30/h3-4,6-13,18H,5,14-17,19H2,1-2H3,(H,29,32). The highest BCUT2D eigenvalue weighted by molar-refractivity contribution is 7.92. The molecule has 0 aliphatic carbocycles. The Balaban J connectivity index is 1.43. The predicted octanol–water partition coefficient (Wildman–Crippen LogP) is 4.72. The molecular formula is C27H30ClN3O3S. The number of benzene rings is 3. The molecule has 184 valence electrons. The third-order valence-electron chi connectivity index (χ3n) is 6.38. The van der Waals surface area contributed by atoms with Crippen LogP contribution in [0.4, 0.5) is 11.4 Å². The number of carbonyl (C=O) groups is 1. The van der Waals surface area contributed by atoms with E-state index in [-0.39, 0.29) is 17.3 Å². The summed E-state index contributed by atoms with van der Waals surface area (Å²) in [5.41, 5.74) is 5.06. The first-order valence-corrected chi connectivity index (χ1v) is 13.5. The van der Waals surface area contributed by atoms with Gasteiger partial charge in [0, 0.05) is 30.3 Å². The van der Waals surface area contributed by atoms with Crippen molar-refractivity contribution >= 4 is 38.9 Å². The van der Waals surface area contributed by atoms with Gasteiger partial charge >= 0.3 is 0 Å². The maximum absolute atomic E-state index is 13.5. The highest BCUT2D eigenvalue weighted by Crippen LogP contribution is 2.28. The van der Waals surface area contributed by atoms with E-state index in [0.717, 1.165) is 41.4 Å². The van der Waals surface area contributed by atoms with Gasteiger partial charge in [-0.1, -0.05) is 35.9 Å². The first kappa shape index (κ1) is 25.1. The molecule has 35 heavy (non-hydrogen) atoms. The van der Waals surface area contributed by atoms with Crippen LogP contribution in [0.2, 0.25) is 5.02 Å². The van der Waals surface area contributed by atoms with Gasteiger partial charge in [-0.25, -0.2) is 8.42 Å². The Morgan fingerprint density at radius 1 is 1.03 bits per heavy atom. The third-order valence-corrected chi connectivity index (χ3v) is 8.42. The fraction of sp³-hybridized carbons (Fsp3) is 0.296. The van der Waals surface area contributed by atoms with E-state index >= 15 is 0 Å². The van der Waals surface area contributed by atoms with Gasteiger partial charge in [0.1, 0.15) is 6.54 Å². The average Bonchev–Trinajstić information content (AvgIpc) is 3.25. The second kappa shape index (κ2) is 10.7. The quantitative estimate of drug-likeness (QED) is 0.422. The first-order valence-electron chi connectivity index (χ1n) is 11.7. The van der Waals surface area contributed by atoms with E-state index in [0.29, 0.717) is 17.3 Å². The van der Waals surface area contributed by atoms with E-state index in [9.17, 15) is 13.2 Å². The third kappa shape index (κ3) is 5.80. The van der Waals surface area contributed by atoms with Crippen LogP contribution in [0.15, 0.2) is 71.6 Å². The Morgan fingerprint density at radius 2 is 1.77 bits per heavy atom. The van der Waals surface area contributed by atoms with Gasteiger partial charge in [0.2, 0.25) is 5.91 Å². The number of nitrogens with zero attached hydrogens (tertiary/aromatic N) is 2. The zero-order valence-electron chi connectivity index (χ0n) is 20.0. The second-order valence-corrected chi connectivity index (χ2v) is 11.1. The summed E-state index contributed by atoms with van der Waals surface area (Å²) in [5.74, 6) is -0.345. The molecule has 1 N–H and O–H groups in total. The van der Waals surface area contributed by atoms with Crippen molar-refractivity contribution in [1.82, 2.24) is 5.32 Å². The number of hydrogen-bond acceptors (Lipinski definition) is 4. The van der Waals surface area contributed by atoms with E-state index in [4.69, 9.17) is 11.6 Å². The number of halogens is 1. The minimum Gasteiger partial charge on any atom is -0.371 e. The lowest BCUT2D eigenvalue weighted by molar-refractivity contribution is -0.119. The van der Waals surface area contributed by atoms with Gasteiger partial charge in [-0.05, 0) is 85.8 Å². The molecule has 0 saturated heterocycles. The molecule has 1 aliphatic rings. The number of nitrogens with one attached hydrogen (secondary N) is 1. The van der Waals surface area contributed by atoms with Crippen LogP contribution < -0.4 is 14.5 Å². The second-order valence-electron chi connectivity index (χ2n) is 8.80. The minimum absolute atomic E-state index is 0.0839. The monoisotopic (exact) mass is 511 g/mol. The molecule has 0 saturated carbocycles. The number of sulfonamides is 1. The molecule has 0 radical (unpaired) electrons. The fourth-order valence-electron chi connectivity index (χ4n) is 4.25. The van der Waals surface area contributed by atoms with Crippen LogP contribution in [-0.2, 0) is 21.2 Å². The number of fused-ring (bicyclic) bond motifs is 1. The number of para-hydroxylation sites is 1. The number of hydrogen-bond donors (Lipinski definition) is 1. The van der Waals surface area contributed by atoms with Crippen molar-refractivity contribution in [1.29, 1.82) is 0 Å². The highest BCUT2D eigenvalue weighted by atomic mass is 35.5. The summed E-state index contributed by atoms with van der Waals surface area (Å²) in [6.45, 7) is 5.86. The maximum Gasteiger partial charge on any atom is 0.264 e. The van der Waals surface area contributed by atoms with Crippen LogP contribution in [0.25, 0.3) is 0 Å². The molecule has 1 aliphatic heterocycles. The summed E-state index contributed by atoms with van der Waals surface area (Å²) in [6, 6.07) is 19.7. The van der Waals surface area contributed by atoms with Crippen molar-refractivity contribution in [3.63, 3.8) is 0 Å². The van der Waals surface area contributed by atoms with Gasteiger partial charge < -0.3 is 10.2 Å². The van der Waals surface area contributed by atoms with Crippen LogP contribution >= 0.6 is 11.6 Å². The number of amides is 1. The highest BCUT2D eigenvalue weighted by Gasteiger charge is 2.27. The fourth-order valence-corrected chi connectivity index (χ4v) is 5.79. The predicted molar refractivity (Wildman–Crippen MR) is 142 cm³/mol. The largest absolute Gasteiger partial charge is 0.371 e. The summed E-state index contributed by atoms with van der Waals surface area (Å²) in [7, 11) is -3.97. The Labute approximate surface area is 212 Å². The van der Waals surface area contributed by atoms with E-state index in [1.807, 2.05) is 26.0 Å². The summed E-state index contributed by atoms with van der Waals surface area (Å²) in [6.07, 6.45) is 1.81. The molecular weight excluding hydrogens is 482 g/mol. The van der Waals surface area contributed by atoms with Gasteiger partial charge in [0.05, 0.1) is 10.6 Å². The van der Waals surface area contributed by atoms with Crippen LogP contribution in [0.5, 0.6) is 0 Å². The van der Waals surface area contributed by atoms with Crippen LogP contribution in [-0.4, -0.2) is 40.5 Å². The lowest BCUT2D eigenvalue weighted by Crippen LogP contribution is -2.41. The van der Waals surface area contributed by atoms with E-state index in [1.165, 1.54) is 35.5 Å². The zero-order valence-corrected chi connectivity index (χ0v) is 21.6. The number of aryl methyl sites for hydroxylation is 2. The normalized spacial score (nSPS) is 12.9. The van der Waals surface area contributed by atoms with Crippen molar-refractivity contribution in [3.8, 4) is 0 Å². The minimum atomic E-state index is -3.97. The van der Waals surface area contributed by atoms with Crippen molar-refractivity contribution in [3.05, 3.63) is 88.4 Å². The Kier molecular flexibility index (Phi) is 7.67. The summed E-state index contributed by atoms with van der Waals surface area (Å²) in [4.78, 5) is 15.3. The molecule has 8 heteroatoms. The Bertz CT molecular complexity index is 1310. The molecule has 0 spiro atoms. The van der Waals surface area contributed by atoms with Crippen molar-refractivity contribution in [2.75, 3.05) is 35.4 Å². The molecule has 4 rings (SSSR count). The van der Waals surface area contributed by atoms with Gasteiger partial charge in [0.15, 0.2) is 0 Å². The Hall–Kier alpha value is -3.03. The SMILES string of the molecule is Cc1ccc(N(CC(=O)NCCCN2CCc3ccccc32)S(=O)(=O)c2ccc(Cl)cc2)cc1C. The average molecular weight is 512 g/mol. The van der Waals surface area contributed by atoms with E-state index in [2.05, 4.69) is 28.4 Å². The van der Waals surface area contributed by atoms with E-state index in [1.54, 1.807) is 12.1 Å². The zero-order chi connectivity index (χ0) is 25.0. The molecule has 6 nitrogen and oxygen atoms in total. The van der Waals surface area contributed by atoms with E-state index < -0.39 is 10.0 Å². The van der Waals surface area contributed by atoms with Gasteiger partial charge in [-0.15, -0.1) is 0 Å². The summed E-state index contributed by atoms with van der Waals surface area (Å²) in [5, 5.41) is 3.34. The number of anilines is 2. The Morgan fingerprint density at radius 3 is 2.51 bits per heavy atom. The molecule has 0 aromatic heterocycles. The van der Waals surface area contributed by atoms with Crippen molar-refractivity contribution in [2.45, 2.75) is 31.6 Å². The number of rotatable bonds is 9. The van der Waals surface area contributed by atoms with Crippen molar-refractivity contribution < 1.29 is 13.2 Å². The molecule has 0 bridgehead atoms. The molecule has 3 aromatic carbocycles. The molecule has 1 amide bonds. The smallest absolute Gasteiger partial charge is 0.264 e. The molecule has 0 atom stereocenters. The summed E-state index contributed by atoms with van der Waals surface area (Å²) >= 11 is 5.95. The van der Waals surface area contributed by atoms with Crippen LogP contribution in [0.3, 0.4) is 0 Å².